The number of nitrogens with one attached hydrogen (secondary N) is 1. The lowest BCUT2D eigenvalue weighted by Crippen LogP contribution is -2.33. The van der Waals surface area contributed by atoms with E-state index in [1.54, 1.807) is 30.3 Å². The first kappa shape index (κ1) is 15.0. The molecule has 0 saturated carbocycles. The van der Waals surface area contributed by atoms with Gasteiger partial charge in [-0.15, -0.1) is 0 Å². The summed E-state index contributed by atoms with van der Waals surface area (Å²) in [5, 5.41) is 2.82. The number of fused-ring (bicyclic) bond motifs is 2. The molecule has 122 valence electrons. The van der Waals surface area contributed by atoms with Gasteiger partial charge in [0.25, 0.3) is 5.91 Å². The molecule has 4 rings (SSSR count). The summed E-state index contributed by atoms with van der Waals surface area (Å²) in [6, 6.07) is 13.7. The summed E-state index contributed by atoms with van der Waals surface area (Å²) in [7, 11) is -3.35. The molecule has 1 N–H and O–H groups in total. The Balaban J connectivity index is 1.59. The van der Waals surface area contributed by atoms with Crippen LogP contribution in [0, 0.1) is 0 Å². The number of amides is 1. The van der Waals surface area contributed by atoms with Crippen LogP contribution in [0.5, 0.6) is 5.75 Å². The number of ether oxygens (including phenoxy) is 1. The van der Waals surface area contributed by atoms with Gasteiger partial charge < -0.3 is 10.1 Å². The Bertz CT molecular complexity index is 962. The molecule has 1 unspecified atom stereocenters. The van der Waals surface area contributed by atoms with E-state index < -0.39 is 15.9 Å². The van der Waals surface area contributed by atoms with Gasteiger partial charge in [-0.25, -0.2) is 8.42 Å². The van der Waals surface area contributed by atoms with Gasteiger partial charge in [0.1, 0.15) is 12.4 Å². The Morgan fingerprint density at radius 1 is 1.08 bits per heavy atom. The van der Waals surface area contributed by atoms with Crippen molar-refractivity contribution in [3.05, 3.63) is 65.2 Å². The maximum atomic E-state index is 12.5. The molecule has 0 fully saturated rings. The molecule has 0 spiro atoms. The highest BCUT2D eigenvalue weighted by Crippen LogP contribution is 2.33. The molecule has 0 bridgehead atoms. The van der Waals surface area contributed by atoms with Crippen molar-refractivity contribution in [2.45, 2.75) is 10.9 Å². The van der Waals surface area contributed by atoms with Gasteiger partial charge in [0.2, 0.25) is 0 Å². The van der Waals surface area contributed by atoms with Crippen LogP contribution in [0.3, 0.4) is 0 Å². The van der Waals surface area contributed by atoms with Crippen LogP contribution in [0.15, 0.2) is 59.0 Å². The molecule has 0 radical (unpaired) electrons. The monoisotopic (exact) mass is 341 g/mol. The van der Waals surface area contributed by atoms with Crippen LogP contribution >= 0.6 is 0 Å². The van der Waals surface area contributed by atoms with Crippen LogP contribution in [0.4, 0.5) is 0 Å². The van der Waals surface area contributed by atoms with Crippen molar-refractivity contribution in [3.63, 3.8) is 0 Å². The highest BCUT2D eigenvalue weighted by Gasteiger charge is 2.35. The van der Waals surface area contributed by atoms with Gasteiger partial charge in [-0.05, 0) is 23.8 Å². The Kier molecular flexibility index (Phi) is 3.42. The zero-order valence-corrected chi connectivity index (χ0v) is 13.5. The number of hydrogen-bond acceptors (Lipinski definition) is 4. The van der Waals surface area contributed by atoms with Crippen molar-refractivity contribution < 1.29 is 17.9 Å². The van der Waals surface area contributed by atoms with Crippen molar-refractivity contribution in [1.29, 1.82) is 0 Å². The standard InChI is InChI=1S/C18H15NO4S/c20-18(13-9-12-5-1-3-7-16(12)23-10-13)19-15-11-24(21,22)17-8-4-2-6-14(15)17/h1-9,15H,10-11H2,(H,19,20). The van der Waals surface area contributed by atoms with Gasteiger partial charge in [0.05, 0.1) is 22.3 Å². The molecule has 0 aliphatic carbocycles. The van der Waals surface area contributed by atoms with Crippen LogP contribution in [0.2, 0.25) is 0 Å². The average Bonchev–Trinajstić information content (AvgIpc) is 2.85. The first-order valence-electron chi connectivity index (χ1n) is 7.59. The predicted octanol–water partition coefficient (Wildman–Crippen LogP) is 2.11. The van der Waals surface area contributed by atoms with Crippen molar-refractivity contribution >= 4 is 21.8 Å². The lowest BCUT2D eigenvalue weighted by atomic mass is 10.1. The Hall–Kier alpha value is -2.60. The molecular formula is C18H15NO4S. The molecule has 2 heterocycles. The van der Waals surface area contributed by atoms with Crippen molar-refractivity contribution in [2.75, 3.05) is 12.4 Å². The smallest absolute Gasteiger partial charge is 0.251 e. The minimum absolute atomic E-state index is 0.108. The summed E-state index contributed by atoms with van der Waals surface area (Å²) in [4.78, 5) is 12.8. The molecule has 2 aromatic carbocycles. The number of benzene rings is 2. The second-order valence-electron chi connectivity index (χ2n) is 5.84. The summed E-state index contributed by atoms with van der Waals surface area (Å²) in [6.07, 6.45) is 1.78. The van der Waals surface area contributed by atoms with E-state index in [2.05, 4.69) is 5.32 Å². The maximum absolute atomic E-state index is 12.5. The highest BCUT2D eigenvalue weighted by atomic mass is 32.2. The lowest BCUT2D eigenvalue weighted by Gasteiger charge is -2.19. The number of rotatable bonds is 2. The summed E-state index contributed by atoms with van der Waals surface area (Å²) >= 11 is 0. The molecule has 0 aromatic heterocycles. The minimum Gasteiger partial charge on any atom is -0.488 e. The van der Waals surface area contributed by atoms with Crippen molar-refractivity contribution in [1.82, 2.24) is 5.32 Å². The maximum Gasteiger partial charge on any atom is 0.251 e. The highest BCUT2D eigenvalue weighted by molar-refractivity contribution is 7.91. The lowest BCUT2D eigenvalue weighted by molar-refractivity contribution is -0.118. The van der Waals surface area contributed by atoms with Crippen LogP contribution in [0.1, 0.15) is 17.2 Å². The van der Waals surface area contributed by atoms with Crippen LogP contribution in [-0.2, 0) is 14.6 Å². The molecular weight excluding hydrogens is 326 g/mol. The number of carbonyl (C=O) groups is 1. The third-order valence-corrected chi connectivity index (χ3v) is 6.06. The SMILES string of the molecule is O=C(NC1CS(=O)(=O)c2ccccc21)C1=Cc2ccccc2OC1. The van der Waals surface area contributed by atoms with Crippen LogP contribution in [-0.4, -0.2) is 26.7 Å². The molecule has 0 saturated heterocycles. The quantitative estimate of drug-likeness (QED) is 0.908. The Labute approximate surface area is 139 Å². The summed E-state index contributed by atoms with van der Waals surface area (Å²) in [6.45, 7) is 0.171. The molecule has 2 aromatic rings. The third-order valence-electron chi connectivity index (χ3n) is 4.24. The summed E-state index contributed by atoms with van der Waals surface area (Å²) in [5.41, 5.74) is 1.97. The summed E-state index contributed by atoms with van der Waals surface area (Å²) in [5.74, 6) is 0.326. The third kappa shape index (κ3) is 2.49. The molecule has 1 amide bonds. The normalized spacial score (nSPS) is 20.3. The fourth-order valence-corrected chi connectivity index (χ4v) is 4.80. The van der Waals surface area contributed by atoms with Gasteiger partial charge in [-0.2, -0.15) is 0 Å². The molecule has 2 aliphatic heterocycles. The van der Waals surface area contributed by atoms with Crippen molar-refractivity contribution in [2.24, 2.45) is 0 Å². The number of para-hydroxylation sites is 1. The number of carbonyl (C=O) groups excluding carboxylic acids is 1. The second kappa shape index (κ2) is 5.49. The Morgan fingerprint density at radius 2 is 1.83 bits per heavy atom. The first-order valence-corrected chi connectivity index (χ1v) is 9.25. The zero-order valence-electron chi connectivity index (χ0n) is 12.7. The van der Waals surface area contributed by atoms with Crippen LogP contribution in [0.25, 0.3) is 6.08 Å². The van der Waals surface area contributed by atoms with E-state index in [-0.39, 0.29) is 18.3 Å². The zero-order chi connectivity index (χ0) is 16.7. The predicted molar refractivity (Wildman–Crippen MR) is 89.3 cm³/mol. The average molecular weight is 341 g/mol. The molecule has 1 atom stereocenters. The van der Waals surface area contributed by atoms with E-state index in [4.69, 9.17) is 4.74 Å². The van der Waals surface area contributed by atoms with E-state index in [1.165, 1.54) is 0 Å². The van der Waals surface area contributed by atoms with Gasteiger partial charge in [-0.1, -0.05) is 36.4 Å². The number of sulfone groups is 1. The second-order valence-corrected chi connectivity index (χ2v) is 7.84. The van der Waals surface area contributed by atoms with E-state index in [9.17, 15) is 13.2 Å². The van der Waals surface area contributed by atoms with Gasteiger partial charge in [0, 0.05) is 5.56 Å². The van der Waals surface area contributed by atoms with Crippen LogP contribution < -0.4 is 10.1 Å². The van der Waals surface area contributed by atoms with E-state index in [1.807, 2.05) is 24.3 Å². The fourth-order valence-electron chi connectivity index (χ4n) is 3.07. The molecule has 24 heavy (non-hydrogen) atoms. The topological polar surface area (TPSA) is 72.5 Å². The van der Waals surface area contributed by atoms with Gasteiger partial charge in [-0.3, -0.25) is 4.79 Å². The van der Waals surface area contributed by atoms with Crippen molar-refractivity contribution in [3.8, 4) is 5.75 Å². The number of hydrogen-bond donors (Lipinski definition) is 1. The van der Waals surface area contributed by atoms with Gasteiger partial charge >= 0.3 is 0 Å². The fraction of sp³-hybridized carbons (Fsp3) is 0.167. The summed E-state index contributed by atoms with van der Waals surface area (Å²) < 4.78 is 30.0. The molecule has 6 heteroatoms. The van der Waals surface area contributed by atoms with E-state index in [0.29, 0.717) is 16.0 Å². The Morgan fingerprint density at radius 3 is 2.71 bits per heavy atom. The molecule has 5 nitrogen and oxygen atoms in total. The minimum atomic E-state index is -3.35. The van der Waals surface area contributed by atoms with E-state index in [0.717, 1.165) is 11.3 Å². The molecule has 2 aliphatic rings. The first-order chi connectivity index (χ1) is 11.5. The van der Waals surface area contributed by atoms with E-state index >= 15 is 0 Å². The van der Waals surface area contributed by atoms with Gasteiger partial charge in [0.15, 0.2) is 9.84 Å². The largest absolute Gasteiger partial charge is 0.488 e.